The third kappa shape index (κ3) is 2.90. The summed E-state index contributed by atoms with van der Waals surface area (Å²) in [6.07, 6.45) is 3.86. The first-order valence-corrected chi connectivity index (χ1v) is 13.4. The third-order valence-electron chi connectivity index (χ3n) is 8.05. The van der Waals surface area contributed by atoms with Crippen molar-refractivity contribution in [1.82, 2.24) is 14.5 Å². The zero-order chi connectivity index (χ0) is 26.2. The molecule has 4 aromatic heterocycles. The minimum atomic E-state index is 0.842. The van der Waals surface area contributed by atoms with Crippen molar-refractivity contribution in [2.45, 2.75) is 0 Å². The second kappa shape index (κ2) is 8.01. The van der Waals surface area contributed by atoms with Gasteiger partial charge in [-0.25, -0.2) is 0 Å². The van der Waals surface area contributed by atoms with Crippen LogP contribution in [0.1, 0.15) is 0 Å². The third-order valence-corrected chi connectivity index (χ3v) is 8.05. The summed E-state index contributed by atoms with van der Waals surface area (Å²) in [4.78, 5) is 9.58. The van der Waals surface area contributed by atoms with E-state index in [0.717, 1.165) is 60.8 Å². The zero-order valence-corrected chi connectivity index (χ0v) is 21.4. The normalized spacial score (nSPS) is 12.0. The molecule has 0 aliphatic carbocycles. The van der Waals surface area contributed by atoms with Gasteiger partial charge >= 0.3 is 0 Å². The molecule has 0 fully saturated rings. The SMILES string of the molecule is c1ccc2cc(-c3ccc(-n4c5ccccc5c5c6ccccc6c6c7ccccc7oc6c54)cn3)ncc2c1. The van der Waals surface area contributed by atoms with Gasteiger partial charge in [0.15, 0.2) is 5.58 Å². The van der Waals surface area contributed by atoms with Crippen LogP contribution in [0.15, 0.2) is 132 Å². The average Bonchev–Trinajstić information content (AvgIpc) is 3.58. The minimum absolute atomic E-state index is 0.842. The van der Waals surface area contributed by atoms with Crippen molar-refractivity contribution in [3.63, 3.8) is 0 Å². The number of hydrogen-bond donors (Lipinski definition) is 0. The summed E-state index contributed by atoms with van der Waals surface area (Å²) < 4.78 is 8.95. The highest BCUT2D eigenvalue weighted by atomic mass is 16.3. The number of furan rings is 1. The highest BCUT2D eigenvalue weighted by molar-refractivity contribution is 6.35. The molecule has 0 saturated carbocycles. The molecule has 4 nitrogen and oxygen atoms in total. The average molecular weight is 512 g/mol. The minimum Gasteiger partial charge on any atom is -0.454 e. The lowest BCUT2D eigenvalue weighted by Gasteiger charge is -2.10. The van der Waals surface area contributed by atoms with Gasteiger partial charge in [-0.05, 0) is 46.5 Å². The smallest absolute Gasteiger partial charge is 0.160 e. The Morgan fingerprint density at radius 3 is 2.02 bits per heavy atom. The summed E-state index contributed by atoms with van der Waals surface area (Å²) in [6, 6.07) is 40.1. The van der Waals surface area contributed by atoms with Gasteiger partial charge in [0, 0.05) is 33.1 Å². The lowest BCUT2D eigenvalue weighted by Crippen LogP contribution is -1.96. The molecule has 9 aromatic rings. The number of pyridine rings is 2. The van der Waals surface area contributed by atoms with Gasteiger partial charge in [-0.15, -0.1) is 0 Å². The Morgan fingerprint density at radius 1 is 0.525 bits per heavy atom. The van der Waals surface area contributed by atoms with Crippen LogP contribution in [0.25, 0.3) is 82.4 Å². The second-order valence-electron chi connectivity index (χ2n) is 10.2. The van der Waals surface area contributed by atoms with Gasteiger partial charge in [0.1, 0.15) is 5.58 Å². The molecule has 0 atom stereocenters. The molecule has 0 spiro atoms. The Bertz CT molecular complexity index is 2430. The Morgan fingerprint density at radius 2 is 1.20 bits per heavy atom. The molecule has 0 N–H and O–H groups in total. The van der Waals surface area contributed by atoms with Crippen LogP contribution in [0.5, 0.6) is 0 Å². The van der Waals surface area contributed by atoms with Crippen molar-refractivity contribution in [3.8, 4) is 17.1 Å². The van der Waals surface area contributed by atoms with E-state index in [1.165, 1.54) is 21.5 Å². The van der Waals surface area contributed by atoms with E-state index in [-0.39, 0.29) is 0 Å². The molecule has 186 valence electrons. The molecule has 0 saturated heterocycles. The molecular formula is C36H21N3O. The van der Waals surface area contributed by atoms with Gasteiger partial charge < -0.3 is 8.98 Å². The van der Waals surface area contributed by atoms with E-state index < -0.39 is 0 Å². The largest absolute Gasteiger partial charge is 0.454 e. The fraction of sp³-hybridized carbons (Fsp3) is 0. The van der Waals surface area contributed by atoms with Crippen LogP contribution in [-0.2, 0) is 0 Å². The number of para-hydroxylation sites is 2. The molecular weight excluding hydrogens is 490 g/mol. The monoisotopic (exact) mass is 511 g/mol. The Kier molecular flexibility index (Phi) is 4.30. The number of rotatable bonds is 2. The zero-order valence-electron chi connectivity index (χ0n) is 21.4. The van der Waals surface area contributed by atoms with Crippen LogP contribution >= 0.6 is 0 Å². The molecule has 5 aromatic carbocycles. The van der Waals surface area contributed by atoms with E-state index >= 15 is 0 Å². The Hall–Kier alpha value is -5.48. The van der Waals surface area contributed by atoms with Gasteiger partial charge in [-0.2, -0.15) is 0 Å². The lowest BCUT2D eigenvalue weighted by atomic mass is 9.99. The summed E-state index contributed by atoms with van der Waals surface area (Å²) in [7, 11) is 0. The van der Waals surface area contributed by atoms with E-state index in [0.29, 0.717) is 0 Å². The summed E-state index contributed by atoms with van der Waals surface area (Å²) in [5.74, 6) is 0. The molecule has 40 heavy (non-hydrogen) atoms. The van der Waals surface area contributed by atoms with Gasteiger partial charge in [0.25, 0.3) is 0 Å². The molecule has 9 rings (SSSR count). The molecule has 0 bridgehead atoms. The van der Waals surface area contributed by atoms with E-state index in [9.17, 15) is 0 Å². The number of hydrogen-bond acceptors (Lipinski definition) is 3. The molecule has 0 aliphatic heterocycles. The van der Waals surface area contributed by atoms with Gasteiger partial charge in [0.2, 0.25) is 0 Å². The van der Waals surface area contributed by atoms with Crippen LogP contribution in [0.3, 0.4) is 0 Å². The van der Waals surface area contributed by atoms with Gasteiger partial charge in [0.05, 0.1) is 34.3 Å². The number of aromatic nitrogens is 3. The molecule has 4 heteroatoms. The van der Waals surface area contributed by atoms with Crippen LogP contribution in [0.2, 0.25) is 0 Å². The highest BCUT2D eigenvalue weighted by Gasteiger charge is 2.22. The predicted octanol–water partition coefficient (Wildman–Crippen LogP) is 9.45. The van der Waals surface area contributed by atoms with Crippen LogP contribution in [0.4, 0.5) is 0 Å². The summed E-state index contributed by atoms with van der Waals surface area (Å²) in [6.45, 7) is 0. The van der Waals surface area contributed by atoms with E-state index in [2.05, 4.69) is 107 Å². The van der Waals surface area contributed by atoms with E-state index in [4.69, 9.17) is 9.40 Å². The quantitative estimate of drug-likeness (QED) is 0.232. The van der Waals surface area contributed by atoms with Crippen molar-refractivity contribution in [3.05, 3.63) is 128 Å². The Labute approximate surface area is 228 Å². The maximum atomic E-state index is 6.65. The number of benzene rings is 5. The summed E-state index contributed by atoms with van der Waals surface area (Å²) in [5, 5.41) is 9.35. The number of fused-ring (bicyclic) bond motifs is 11. The van der Waals surface area contributed by atoms with Crippen molar-refractivity contribution in [1.29, 1.82) is 0 Å². The first-order chi connectivity index (χ1) is 19.8. The molecule has 0 unspecified atom stereocenters. The van der Waals surface area contributed by atoms with Crippen molar-refractivity contribution < 1.29 is 4.42 Å². The highest BCUT2D eigenvalue weighted by Crippen LogP contribution is 2.45. The fourth-order valence-electron chi connectivity index (χ4n) is 6.29. The molecule has 0 amide bonds. The predicted molar refractivity (Wildman–Crippen MR) is 164 cm³/mol. The molecule has 0 radical (unpaired) electrons. The Balaban J connectivity index is 1.37. The van der Waals surface area contributed by atoms with Crippen molar-refractivity contribution in [2.75, 3.05) is 0 Å². The van der Waals surface area contributed by atoms with Crippen LogP contribution in [-0.4, -0.2) is 14.5 Å². The summed E-state index contributed by atoms with van der Waals surface area (Å²) >= 11 is 0. The fourth-order valence-corrected chi connectivity index (χ4v) is 6.29. The van der Waals surface area contributed by atoms with Gasteiger partial charge in [-0.1, -0.05) is 84.9 Å². The maximum absolute atomic E-state index is 6.65. The lowest BCUT2D eigenvalue weighted by molar-refractivity contribution is 0.671. The second-order valence-corrected chi connectivity index (χ2v) is 10.2. The van der Waals surface area contributed by atoms with E-state index in [1.54, 1.807) is 0 Å². The van der Waals surface area contributed by atoms with Crippen LogP contribution in [0, 0.1) is 0 Å². The van der Waals surface area contributed by atoms with Crippen molar-refractivity contribution in [2.24, 2.45) is 0 Å². The topological polar surface area (TPSA) is 43.9 Å². The van der Waals surface area contributed by atoms with Gasteiger partial charge in [-0.3, -0.25) is 9.97 Å². The summed E-state index contributed by atoms with van der Waals surface area (Å²) in [5.41, 5.74) is 6.65. The molecule has 0 aliphatic rings. The standard InChI is InChI=1S/C36H21N3O/c1-2-10-23-20-37-30(19-22(23)9-1)29-18-17-24(21-38-29)39-31-15-7-5-13-27(31)33-25-11-3-4-12-26(25)34-28-14-6-8-16-32(28)40-36(34)35(33)39/h1-21H. The molecule has 4 heterocycles. The van der Waals surface area contributed by atoms with Crippen molar-refractivity contribution >= 4 is 65.3 Å². The van der Waals surface area contributed by atoms with Crippen LogP contribution < -0.4 is 0 Å². The first-order valence-electron chi connectivity index (χ1n) is 13.4. The van der Waals surface area contributed by atoms with E-state index in [1.807, 2.05) is 30.6 Å². The number of nitrogens with zero attached hydrogens (tertiary/aromatic N) is 3. The maximum Gasteiger partial charge on any atom is 0.160 e. The first kappa shape index (κ1) is 21.5.